The highest BCUT2D eigenvalue weighted by atomic mass is 19.3. The van der Waals surface area contributed by atoms with E-state index >= 15 is 0 Å². The summed E-state index contributed by atoms with van der Waals surface area (Å²) in [4.78, 5) is 4.44. The Morgan fingerprint density at radius 3 is 2.50 bits per heavy atom. The standard InChI is InChI=1S/C20H20F2N2/c1-14-7-6-10-17(18(14)19(21)22)15(2)20-23-11-12-24(20)13-16-8-4-3-5-9-16/h3-12,15,19H,13H2,1-2H3. The van der Waals surface area contributed by atoms with Crippen LogP contribution in [0.25, 0.3) is 0 Å². The predicted octanol–water partition coefficient (Wildman–Crippen LogP) is 5.33. The van der Waals surface area contributed by atoms with Gasteiger partial charge in [-0.05, 0) is 23.6 Å². The molecule has 1 unspecified atom stereocenters. The van der Waals surface area contributed by atoms with Gasteiger partial charge >= 0.3 is 0 Å². The Morgan fingerprint density at radius 2 is 1.79 bits per heavy atom. The highest BCUT2D eigenvalue weighted by Crippen LogP contribution is 2.34. The Hall–Kier alpha value is -2.49. The first-order valence-corrected chi connectivity index (χ1v) is 8.00. The van der Waals surface area contributed by atoms with E-state index in [0.29, 0.717) is 17.7 Å². The van der Waals surface area contributed by atoms with Gasteiger partial charge in [0, 0.05) is 30.4 Å². The van der Waals surface area contributed by atoms with E-state index in [0.717, 1.165) is 11.4 Å². The van der Waals surface area contributed by atoms with Crippen molar-refractivity contribution in [1.82, 2.24) is 9.55 Å². The molecular weight excluding hydrogens is 306 g/mol. The van der Waals surface area contributed by atoms with Crippen molar-refractivity contribution in [3.8, 4) is 0 Å². The molecule has 1 atom stereocenters. The van der Waals surface area contributed by atoms with Gasteiger partial charge in [-0.1, -0.05) is 55.5 Å². The van der Waals surface area contributed by atoms with Gasteiger partial charge in [0.05, 0.1) is 0 Å². The minimum Gasteiger partial charge on any atom is -0.330 e. The van der Waals surface area contributed by atoms with E-state index in [1.165, 1.54) is 0 Å². The van der Waals surface area contributed by atoms with Crippen LogP contribution < -0.4 is 0 Å². The second-order valence-corrected chi connectivity index (χ2v) is 6.00. The van der Waals surface area contributed by atoms with E-state index in [2.05, 4.69) is 4.98 Å². The number of halogens is 2. The normalized spacial score (nSPS) is 12.5. The van der Waals surface area contributed by atoms with Crippen LogP contribution in [0.5, 0.6) is 0 Å². The van der Waals surface area contributed by atoms with Crippen LogP contribution in [-0.4, -0.2) is 9.55 Å². The molecule has 0 radical (unpaired) electrons. The Labute approximate surface area is 140 Å². The molecule has 2 nitrogen and oxygen atoms in total. The molecule has 0 fully saturated rings. The summed E-state index contributed by atoms with van der Waals surface area (Å²) in [6, 6.07) is 15.4. The largest absolute Gasteiger partial charge is 0.330 e. The molecule has 0 N–H and O–H groups in total. The molecule has 0 bridgehead atoms. The molecule has 124 valence electrons. The smallest absolute Gasteiger partial charge is 0.264 e. The maximum absolute atomic E-state index is 13.5. The quantitative estimate of drug-likeness (QED) is 0.620. The summed E-state index contributed by atoms with van der Waals surface area (Å²) < 4.78 is 29.0. The van der Waals surface area contributed by atoms with E-state index in [1.807, 2.05) is 54.1 Å². The lowest BCUT2D eigenvalue weighted by Crippen LogP contribution is -2.11. The van der Waals surface area contributed by atoms with Crippen molar-refractivity contribution in [3.63, 3.8) is 0 Å². The SMILES string of the molecule is Cc1cccc(C(C)c2nccn2Cc2ccccc2)c1C(F)F. The van der Waals surface area contributed by atoms with Crippen LogP contribution in [0.15, 0.2) is 60.9 Å². The Kier molecular flexibility index (Phi) is 4.74. The second-order valence-electron chi connectivity index (χ2n) is 6.00. The topological polar surface area (TPSA) is 17.8 Å². The monoisotopic (exact) mass is 326 g/mol. The van der Waals surface area contributed by atoms with E-state index in [1.54, 1.807) is 25.3 Å². The average Bonchev–Trinajstić information content (AvgIpc) is 3.02. The molecule has 24 heavy (non-hydrogen) atoms. The van der Waals surface area contributed by atoms with Crippen molar-refractivity contribution in [2.45, 2.75) is 32.7 Å². The Bertz CT molecular complexity index is 810. The lowest BCUT2D eigenvalue weighted by atomic mass is 9.92. The lowest BCUT2D eigenvalue weighted by Gasteiger charge is -2.19. The van der Waals surface area contributed by atoms with Crippen LogP contribution in [0, 0.1) is 6.92 Å². The van der Waals surface area contributed by atoms with Crippen molar-refractivity contribution in [2.24, 2.45) is 0 Å². The van der Waals surface area contributed by atoms with E-state index in [4.69, 9.17) is 0 Å². The average molecular weight is 326 g/mol. The number of aryl methyl sites for hydroxylation is 1. The van der Waals surface area contributed by atoms with E-state index in [9.17, 15) is 8.78 Å². The zero-order chi connectivity index (χ0) is 17.1. The van der Waals surface area contributed by atoms with Gasteiger partial charge < -0.3 is 4.57 Å². The van der Waals surface area contributed by atoms with Crippen molar-refractivity contribution < 1.29 is 8.78 Å². The summed E-state index contributed by atoms with van der Waals surface area (Å²) in [5, 5.41) is 0. The molecular formula is C20H20F2N2. The molecule has 0 aliphatic heterocycles. The molecule has 4 heteroatoms. The first-order valence-electron chi connectivity index (χ1n) is 8.00. The van der Waals surface area contributed by atoms with Gasteiger partial charge in [-0.25, -0.2) is 13.8 Å². The highest BCUT2D eigenvalue weighted by Gasteiger charge is 2.23. The van der Waals surface area contributed by atoms with Crippen LogP contribution in [0.1, 0.15) is 47.3 Å². The minimum atomic E-state index is -2.49. The molecule has 0 saturated carbocycles. The van der Waals surface area contributed by atoms with Crippen LogP contribution in [0.2, 0.25) is 0 Å². The fourth-order valence-corrected chi connectivity index (χ4v) is 3.13. The van der Waals surface area contributed by atoms with Crippen LogP contribution in [-0.2, 0) is 6.54 Å². The summed E-state index contributed by atoms with van der Waals surface area (Å²) in [6.07, 6.45) is 1.14. The van der Waals surface area contributed by atoms with Gasteiger partial charge in [-0.3, -0.25) is 0 Å². The summed E-state index contributed by atoms with van der Waals surface area (Å²) in [7, 11) is 0. The van der Waals surface area contributed by atoms with E-state index in [-0.39, 0.29) is 11.5 Å². The molecule has 3 rings (SSSR count). The van der Waals surface area contributed by atoms with Crippen LogP contribution in [0.4, 0.5) is 8.78 Å². The van der Waals surface area contributed by atoms with Gasteiger partial charge in [-0.2, -0.15) is 0 Å². The summed E-state index contributed by atoms with van der Waals surface area (Å²) in [5.41, 5.74) is 2.54. The van der Waals surface area contributed by atoms with Crippen LogP contribution >= 0.6 is 0 Å². The molecule has 2 aromatic carbocycles. The Balaban J connectivity index is 1.96. The number of alkyl halides is 2. The first-order chi connectivity index (χ1) is 11.6. The third kappa shape index (κ3) is 3.23. The number of benzene rings is 2. The molecule has 1 aromatic heterocycles. The zero-order valence-electron chi connectivity index (χ0n) is 13.8. The first kappa shape index (κ1) is 16.4. The minimum absolute atomic E-state index is 0.124. The number of hydrogen-bond donors (Lipinski definition) is 0. The Morgan fingerprint density at radius 1 is 1.04 bits per heavy atom. The van der Waals surface area contributed by atoms with Crippen molar-refractivity contribution in [2.75, 3.05) is 0 Å². The van der Waals surface area contributed by atoms with Crippen molar-refractivity contribution in [1.29, 1.82) is 0 Å². The highest BCUT2D eigenvalue weighted by molar-refractivity contribution is 5.40. The molecule has 1 heterocycles. The molecule has 0 aliphatic carbocycles. The predicted molar refractivity (Wildman–Crippen MR) is 91.4 cm³/mol. The van der Waals surface area contributed by atoms with Gasteiger partial charge in [0.1, 0.15) is 5.82 Å². The number of hydrogen-bond acceptors (Lipinski definition) is 1. The second kappa shape index (κ2) is 6.95. The third-order valence-corrected chi connectivity index (χ3v) is 4.37. The number of aromatic nitrogens is 2. The van der Waals surface area contributed by atoms with Gasteiger partial charge in [0.2, 0.25) is 0 Å². The lowest BCUT2D eigenvalue weighted by molar-refractivity contribution is 0.149. The molecule has 3 aromatic rings. The molecule has 0 saturated heterocycles. The summed E-state index contributed by atoms with van der Waals surface area (Å²) >= 11 is 0. The fourth-order valence-electron chi connectivity index (χ4n) is 3.13. The molecule has 0 amide bonds. The van der Waals surface area contributed by atoms with Gasteiger partial charge in [0.15, 0.2) is 0 Å². The number of rotatable bonds is 5. The molecule has 0 spiro atoms. The summed E-state index contributed by atoms with van der Waals surface area (Å²) in [5.74, 6) is 0.596. The van der Waals surface area contributed by atoms with Gasteiger partial charge in [0.25, 0.3) is 6.43 Å². The van der Waals surface area contributed by atoms with E-state index < -0.39 is 6.43 Å². The maximum atomic E-state index is 13.5. The van der Waals surface area contributed by atoms with Crippen molar-refractivity contribution >= 4 is 0 Å². The number of imidazole rings is 1. The van der Waals surface area contributed by atoms with Crippen molar-refractivity contribution in [3.05, 3.63) is 89.0 Å². The summed E-state index contributed by atoms with van der Waals surface area (Å²) in [6.45, 7) is 4.34. The van der Waals surface area contributed by atoms with Gasteiger partial charge in [-0.15, -0.1) is 0 Å². The third-order valence-electron chi connectivity index (χ3n) is 4.37. The van der Waals surface area contributed by atoms with Crippen LogP contribution in [0.3, 0.4) is 0 Å². The number of nitrogens with zero attached hydrogens (tertiary/aromatic N) is 2. The zero-order valence-corrected chi connectivity index (χ0v) is 13.8. The maximum Gasteiger partial charge on any atom is 0.264 e. The molecule has 0 aliphatic rings. The fraction of sp³-hybridized carbons (Fsp3) is 0.250.